The lowest BCUT2D eigenvalue weighted by Crippen LogP contribution is -2.12. The summed E-state index contributed by atoms with van der Waals surface area (Å²) in [5, 5.41) is 4.07. The van der Waals surface area contributed by atoms with Crippen molar-refractivity contribution in [2.45, 2.75) is 13.5 Å². The number of nitrogens with zero attached hydrogens (tertiary/aromatic N) is 3. The van der Waals surface area contributed by atoms with Crippen LogP contribution in [0.2, 0.25) is 0 Å². The Bertz CT molecular complexity index is 563. The summed E-state index contributed by atoms with van der Waals surface area (Å²) in [5.41, 5.74) is 7.91. The predicted molar refractivity (Wildman–Crippen MR) is 65.7 cm³/mol. The van der Waals surface area contributed by atoms with Gasteiger partial charge in [-0.1, -0.05) is 0 Å². The van der Waals surface area contributed by atoms with Gasteiger partial charge in [-0.2, -0.15) is 5.10 Å². The molecular formula is C12H14N4O2. The predicted octanol–water partition coefficient (Wildman–Crippen LogP) is 1.06. The number of anilines is 1. The summed E-state index contributed by atoms with van der Waals surface area (Å²) >= 11 is 0. The summed E-state index contributed by atoms with van der Waals surface area (Å²) in [6.07, 6.45) is 3.29. The first kappa shape index (κ1) is 12.1. The van der Waals surface area contributed by atoms with Gasteiger partial charge in [0, 0.05) is 19.4 Å². The van der Waals surface area contributed by atoms with Gasteiger partial charge in [0.15, 0.2) is 5.69 Å². The molecule has 94 valence electrons. The van der Waals surface area contributed by atoms with Gasteiger partial charge in [-0.25, -0.2) is 4.79 Å². The smallest absolute Gasteiger partial charge is 0.359 e. The maximum Gasteiger partial charge on any atom is 0.359 e. The van der Waals surface area contributed by atoms with E-state index in [1.807, 2.05) is 0 Å². The number of carbonyl (C=O) groups is 1. The average molecular weight is 246 g/mol. The van der Waals surface area contributed by atoms with E-state index in [0.717, 1.165) is 5.56 Å². The number of aromatic nitrogens is 3. The lowest BCUT2D eigenvalue weighted by molar-refractivity contribution is 0.0461. The quantitative estimate of drug-likeness (QED) is 0.819. The lowest BCUT2D eigenvalue weighted by atomic mass is 10.3. The van der Waals surface area contributed by atoms with Gasteiger partial charge in [0.2, 0.25) is 0 Å². The molecule has 2 N–H and O–H groups in total. The monoisotopic (exact) mass is 246 g/mol. The molecule has 6 heteroatoms. The van der Waals surface area contributed by atoms with Crippen molar-refractivity contribution in [3.8, 4) is 0 Å². The van der Waals surface area contributed by atoms with Crippen LogP contribution in [0.5, 0.6) is 0 Å². The van der Waals surface area contributed by atoms with Crippen molar-refractivity contribution in [2.75, 3.05) is 5.73 Å². The second kappa shape index (κ2) is 4.87. The van der Waals surface area contributed by atoms with Gasteiger partial charge in [0.05, 0.1) is 11.4 Å². The summed E-state index contributed by atoms with van der Waals surface area (Å²) < 4.78 is 6.61. The first-order chi connectivity index (χ1) is 8.59. The summed E-state index contributed by atoms with van der Waals surface area (Å²) in [7, 11) is 1.66. The highest BCUT2D eigenvalue weighted by Crippen LogP contribution is 2.16. The van der Waals surface area contributed by atoms with Crippen molar-refractivity contribution in [2.24, 2.45) is 7.05 Å². The third-order valence-electron chi connectivity index (χ3n) is 2.58. The average Bonchev–Trinajstić information content (AvgIpc) is 2.62. The Balaban J connectivity index is 2.09. The van der Waals surface area contributed by atoms with Crippen molar-refractivity contribution in [1.29, 1.82) is 0 Å². The molecule has 0 spiro atoms. The number of ether oxygens (including phenoxy) is 1. The van der Waals surface area contributed by atoms with Crippen molar-refractivity contribution in [1.82, 2.24) is 14.8 Å². The number of esters is 1. The van der Waals surface area contributed by atoms with Crippen molar-refractivity contribution in [3.05, 3.63) is 41.5 Å². The molecule has 2 rings (SSSR count). The first-order valence-electron chi connectivity index (χ1n) is 5.44. The van der Waals surface area contributed by atoms with Crippen LogP contribution in [0.15, 0.2) is 24.5 Å². The van der Waals surface area contributed by atoms with E-state index in [1.165, 1.54) is 4.68 Å². The fourth-order valence-electron chi connectivity index (χ4n) is 1.61. The van der Waals surface area contributed by atoms with Gasteiger partial charge in [-0.3, -0.25) is 9.67 Å². The zero-order valence-electron chi connectivity index (χ0n) is 10.3. The highest BCUT2D eigenvalue weighted by Gasteiger charge is 2.19. The zero-order valence-corrected chi connectivity index (χ0v) is 10.3. The second-order valence-corrected chi connectivity index (χ2v) is 3.90. The van der Waals surface area contributed by atoms with E-state index in [0.29, 0.717) is 11.4 Å². The van der Waals surface area contributed by atoms with Gasteiger partial charge in [-0.15, -0.1) is 0 Å². The minimum Gasteiger partial charge on any atom is -0.456 e. The zero-order chi connectivity index (χ0) is 13.1. The van der Waals surface area contributed by atoms with Gasteiger partial charge in [0.1, 0.15) is 6.61 Å². The minimum atomic E-state index is -0.479. The molecule has 0 atom stereocenters. The Hall–Kier alpha value is -2.37. The van der Waals surface area contributed by atoms with Crippen molar-refractivity contribution in [3.63, 3.8) is 0 Å². The van der Waals surface area contributed by atoms with Crippen LogP contribution in [0.25, 0.3) is 0 Å². The molecular weight excluding hydrogens is 232 g/mol. The van der Waals surface area contributed by atoms with Crippen LogP contribution in [-0.4, -0.2) is 20.7 Å². The standard InChI is InChI=1S/C12H14N4O2/c1-8-10(13)11(16(2)15-8)12(17)18-7-9-3-5-14-6-4-9/h3-6H,7,13H2,1-2H3. The maximum atomic E-state index is 11.9. The fraction of sp³-hybridized carbons (Fsp3) is 0.250. The number of hydrogen-bond donors (Lipinski definition) is 1. The van der Waals surface area contributed by atoms with E-state index in [4.69, 9.17) is 10.5 Å². The van der Waals surface area contributed by atoms with Crippen molar-refractivity contribution >= 4 is 11.7 Å². The Kier molecular flexibility index (Phi) is 3.27. The highest BCUT2D eigenvalue weighted by molar-refractivity contribution is 5.93. The van der Waals surface area contributed by atoms with E-state index in [1.54, 1.807) is 38.5 Å². The molecule has 0 aliphatic rings. The summed E-state index contributed by atoms with van der Waals surface area (Å²) in [4.78, 5) is 15.8. The molecule has 2 aromatic heterocycles. The lowest BCUT2D eigenvalue weighted by Gasteiger charge is -2.05. The highest BCUT2D eigenvalue weighted by atomic mass is 16.5. The van der Waals surface area contributed by atoms with Crippen LogP contribution in [0.3, 0.4) is 0 Å². The van der Waals surface area contributed by atoms with Gasteiger partial charge in [0.25, 0.3) is 0 Å². The SMILES string of the molecule is Cc1nn(C)c(C(=O)OCc2ccncc2)c1N. The molecule has 0 bridgehead atoms. The van der Waals surface area contributed by atoms with Crippen LogP contribution >= 0.6 is 0 Å². The van der Waals surface area contributed by atoms with E-state index in [2.05, 4.69) is 10.1 Å². The number of hydrogen-bond acceptors (Lipinski definition) is 5. The second-order valence-electron chi connectivity index (χ2n) is 3.90. The Morgan fingerprint density at radius 2 is 2.11 bits per heavy atom. The number of pyridine rings is 1. The molecule has 0 amide bonds. The third kappa shape index (κ3) is 2.32. The molecule has 0 radical (unpaired) electrons. The molecule has 0 unspecified atom stereocenters. The van der Waals surface area contributed by atoms with E-state index in [9.17, 15) is 4.79 Å². The number of carbonyl (C=O) groups excluding carboxylic acids is 1. The first-order valence-corrected chi connectivity index (χ1v) is 5.44. The van der Waals surface area contributed by atoms with Crippen LogP contribution in [0.1, 0.15) is 21.7 Å². The maximum absolute atomic E-state index is 11.9. The van der Waals surface area contributed by atoms with Crippen LogP contribution in [0.4, 0.5) is 5.69 Å². The molecule has 0 saturated carbocycles. The number of aryl methyl sites for hydroxylation is 2. The normalized spacial score (nSPS) is 10.3. The number of nitrogen functional groups attached to an aromatic ring is 1. The van der Waals surface area contributed by atoms with Gasteiger partial charge in [-0.05, 0) is 24.6 Å². The van der Waals surface area contributed by atoms with Crippen LogP contribution in [-0.2, 0) is 18.4 Å². The molecule has 6 nitrogen and oxygen atoms in total. The molecule has 18 heavy (non-hydrogen) atoms. The molecule has 2 aromatic rings. The summed E-state index contributed by atoms with van der Waals surface area (Å²) in [6, 6.07) is 3.57. The third-order valence-corrected chi connectivity index (χ3v) is 2.58. The minimum absolute atomic E-state index is 0.186. The Morgan fingerprint density at radius 1 is 1.44 bits per heavy atom. The molecule has 0 aromatic carbocycles. The van der Waals surface area contributed by atoms with E-state index < -0.39 is 5.97 Å². The Labute approximate surface area is 104 Å². The summed E-state index contributed by atoms with van der Waals surface area (Å²) in [6.45, 7) is 1.93. The molecule has 0 aliphatic carbocycles. The van der Waals surface area contributed by atoms with Crippen LogP contribution in [0, 0.1) is 6.92 Å². The van der Waals surface area contributed by atoms with E-state index >= 15 is 0 Å². The van der Waals surface area contributed by atoms with Gasteiger partial charge < -0.3 is 10.5 Å². The number of rotatable bonds is 3. The molecule has 0 fully saturated rings. The van der Waals surface area contributed by atoms with E-state index in [-0.39, 0.29) is 12.3 Å². The Morgan fingerprint density at radius 3 is 2.67 bits per heavy atom. The number of nitrogens with two attached hydrogens (primary N) is 1. The molecule has 2 heterocycles. The molecule has 0 aliphatic heterocycles. The van der Waals surface area contributed by atoms with Gasteiger partial charge >= 0.3 is 5.97 Å². The summed E-state index contributed by atoms with van der Waals surface area (Å²) in [5.74, 6) is -0.479. The van der Waals surface area contributed by atoms with Crippen LogP contribution < -0.4 is 5.73 Å². The topological polar surface area (TPSA) is 83.0 Å². The van der Waals surface area contributed by atoms with Crippen molar-refractivity contribution < 1.29 is 9.53 Å². The molecule has 0 saturated heterocycles. The fourth-order valence-corrected chi connectivity index (χ4v) is 1.61. The largest absolute Gasteiger partial charge is 0.456 e.